The predicted molar refractivity (Wildman–Crippen MR) is 50.1 cm³/mol. The van der Waals surface area contributed by atoms with Crippen LogP contribution in [-0.2, 0) is 4.74 Å². The van der Waals surface area contributed by atoms with Gasteiger partial charge in [-0.2, -0.15) is 0 Å². The molecule has 1 aliphatic carbocycles. The number of allylic oxidation sites excluding steroid dienone is 4. The first-order chi connectivity index (χ1) is 5.86. The topological polar surface area (TPSA) is 9.23 Å². The second kappa shape index (κ2) is 3.46. The fourth-order valence-electron chi connectivity index (χ4n) is 1.51. The SMILES string of the molecule is ClC1=CCC=CC2OCCC2=C1. The summed E-state index contributed by atoms with van der Waals surface area (Å²) >= 11 is 5.96. The second-order valence-corrected chi connectivity index (χ2v) is 3.45. The Bertz CT molecular complexity index is 263. The Balaban J connectivity index is 2.29. The monoisotopic (exact) mass is 182 g/mol. The summed E-state index contributed by atoms with van der Waals surface area (Å²) < 4.78 is 5.50. The summed E-state index contributed by atoms with van der Waals surface area (Å²) in [4.78, 5) is 0. The summed E-state index contributed by atoms with van der Waals surface area (Å²) in [5, 5.41) is 0.838. The molecule has 1 unspecified atom stereocenters. The van der Waals surface area contributed by atoms with Crippen molar-refractivity contribution in [3.8, 4) is 0 Å². The number of rotatable bonds is 0. The van der Waals surface area contributed by atoms with Crippen LogP contribution in [-0.4, -0.2) is 12.7 Å². The lowest BCUT2D eigenvalue weighted by atomic mass is 10.1. The Hall–Kier alpha value is -0.530. The van der Waals surface area contributed by atoms with Crippen LogP contribution in [0.1, 0.15) is 12.8 Å². The molecule has 2 rings (SSSR count). The van der Waals surface area contributed by atoms with Gasteiger partial charge in [-0.15, -0.1) is 0 Å². The first-order valence-electron chi connectivity index (χ1n) is 4.20. The molecule has 0 amide bonds. The molecular weight excluding hydrogens is 172 g/mol. The highest BCUT2D eigenvalue weighted by Crippen LogP contribution is 2.25. The van der Waals surface area contributed by atoms with E-state index in [1.165, 1.54) is 5.57 Å². The van der Waals surface area contributed by atoms with Crippen LogP contribution >= 0.6 is 11.6 Å². The third kappa shape index (κ3) is 1.62. The number of hydrogen-bond acceptors (Lipinski definition) is 1. The lowest BCUT2D eigenvalue weighted by Gasteiger charge is -2.07. The lowest BCUT2D eigenvalue weighted by molar-refractivity contribution is 0.156. The van der Waals surface area contributed by atoms with Gasteiger partial charge in [-0.05, 0) is 24.5 Å². The van der Waals surface area contributed by atoms with Gasteiger partial charge in [0.05, 0.1) is 12.7 Å². The molecule has 1 saturated heterocycles. The highest BCUT2D eigenvalue weighted by Gasteiger charge is 2.19. The van der Waals surface area contributed by atoms with Crippen molar-refractivity contribution >= 4 is 11.6 Å². The highest BCUT2D eigenvalue weighted by atomic mass is 35.5. The summed E-state index contributed by atoms with van der Waals surface area (Å²) in [5.41, 5.74) is 1.30. The van der Waals surface area contributed by atoms with Crippen LogP contribution < -0.4 is 0 Å². The summed E-state index contributed by atoms with van der Waals surface area (Å²) in [6.07, 6.45) is 10.4. The summed E-state index contributed by atoms with van der Waals surface area (Å²) in [6, 6.07) is 0. The van der Waals surface area contributed by atoms with Gasteiger partial charge in [-0.1, -0.05) is 29.8 Å². The van der Waals surface area contributed by atoms with Gasteiger partial charge in [0.2, 0.25) is 0 Å². The Morgan fingerprint density at radius 1 is 1.50 bits per heavy atom. The third-order valence-corrected chi connectivity index (χ3v) is 2.40. The minimum Gasteiger partial charge on any atom is -0.369 e. The van der Waals surface area contributed by atoms with Crippen molar-refractivity contribution < 1.29 is 4.74 Å². The van der Waals surface area contributed by atoms with Crippen LogP contribution in [0.4, 0.5) is 0 Å². The van der Waals surface area contributed by atoms with Crippen LogP contribution in [0.3, 0.4) is 0 Å². The molecule has 64 valence electrons. The lowest BCUT2D eigenvalue weighted by Crippen LogP contribution is -2.03. The zero-order chi connectivity index (χ0) is 8.39. The average Bonchev–Trinajstić information content (AvgIpc) is 2.42. The maximum absolute atomic E-state index is 5.96. The normalized spacial score (nSPS) is 28.6. The van der Waals surface area contributed by atoms with E-state index >= 15 is 0 Å². The average molecular weight is 183 g/mol. The third-order valence-electron chi connectivity index (χ3n) is 2.14. The van der Waals surface area contributed by atoms with E-state index < -0.39 is 0 Å². The molecule has 2 heteroatoms. The van der Waals surface area contributed by atoms with Gasteiger partial charge in [-0.25, -0.2) is 0 Å². The molecular formula is C10H11ClO. The molecule has 0 N–H and O–H groups in total. The summed E-state index contributed by atoms with van der Waals surface area (Å²) in [6.45, 7) is 0.824. The van der Waals surface area contributed by atoms with Crippen molar-refractivity contribution in [1.82, 2.24) is 0 Å². The maximum Gasteiger partial charge on any atom is 0.0971 e. The molecule has 0 saturated carbocycles. The van der Waals surface area contributed by atoms with Crippen LogP contribution in [0.2, 0.25) is 0 Å². The Morgan fingerprint density at radius 2 is 2.42 bits per heavy atom. The minimum absolute atomic E-state index is 0.187. The van der Waals surface area contributed by atoms with E-state index in [0.29, 0.717) is 0 Å². The fraction of sp³-hybridized carbons (Fsp3) is 0.400. The number of ether oxygens (including phenoxy) is 1. The van der Waals surface area contributed by atoms with Crippen molar-refractivity contribution in [2.24, 2.45) is 0 Å². The van der Waals surface area contributed by atoms with Crippen molar-refractivity contribution in [3.05, 3.63) is 34.9 Å². The standard InChI is InChI=1S/C10H11ClO/c11-9-3-1-2-4-10-8(7-9)5-6-12-10/h2-4,7,10H,1,5-6H2. The van der Waals surface area contributed by atoms with E-state index in [1.54, 1.807) is 0 Å². The first kappa shape index (κ1) is 8.09. The first-order valence-corrected chi connectivity index (χ1v) is 4.58. The van der Waals surface area contributed by atoms with Gasteiger partial charge < -0.3 is 4.74 Å². The molecule has 0 aromatic carbocycles. The number of fused-ring (bicyclic) bond motifs is 1. The van der Waals surface area contributed by atoms with Crippen molar-refractivity contribution in [2.75, 3.05) is 6.61 Å². The van der Waals surface area contributed by atoms with E-state index in [1.807, 2.05) is 12.2 Å². The van der Waals surface area contributed by atoms with Crippen molar-refractivity contribution in [1.29, 1.82) is 0 Å². The zero-order valence-electron chi connectivity index (χ0n) is 6.79. The van der Waals surface area contributed by atoms with Gasteiger partial charge in [0.25, 0.3) is 0 Å². The largest absolute Gasteiger partial charge is 0.369 e. The van der Waals surface area contributed by atoms with Crippen LogP contribution in [0.5, 0.6) is 0 Å². The minimum atomic E-state index is 0.187. The zero-order valence-corrected chi connectivity index (χ0v) is 7.55. The second-order valence-electron chi connectivity index (χ2n) is 3.01. The Kier molecular flexibility index (Phi) is 2.33. The Morgan fingerprint density at radius 3 is 3.33 bits per heavy atom. The molecule has 1 atom stereocenters. The molecule has 2 aliphatic rings. The molecule has 1 heterocycles. The molecule has 12 heavy (non-hydrogen) atoms. The quantitative estimate of drug-likeness (QED) is 0.524. The molecule has 0 aromatic heterocycles. The molecule has 0 aromatic rings. The van der Waals surface area contributed by atoms with Gasteiger partial charge in [0.15, 0.2) is 0 Å². The molecule has 1 aliphatic heterocycles. The molecule has 0 bridgehead atoms. The van der Waals surface area contributed by atoms with Gasteiger partial charge >= 0.3 is 0 Å². The highest BCUT2D eigenvalue weighted by molar-refractivity contribution is 6.31. The number of halogens is 1. The maximum atomic E-state index is 5.96. The van der Waals surface area contributed by atoms with Gasteiger partial charge in [-0.3, -0.25) is 0 Å². The van der Waals surface area contributed by atoms with Crippen LogP contribution in [0.25, 0.3) is 0 Å². The molecule has 0 radical (unpaired) electrons. The van der Waals surface area contributed by atoms with E-state index in [2.05, 4.69) is 12.2 Å². The van der Waals surface area contributed by atoms with Crippen molar-refractivity contribution in [3.63, 3.8) is 0 Å². The van der Waals surface area contributed by atoms with E-state index in [0.717, 1.165) is 24.5 Å². The fourth-order valence-corrected chi connectivity index (χ4v) is 1.73. The van der Waals surface area contributed by atoms with Gasteiger partial charge in [0.1, 0.15) is 0 Å². The van der Waals surface area contributed by atoms with Crippen LogP contribution in [0, 0.1) is 0 Å². The Labute approximate surface area is 77.4 Å². The predicted octanol–water partition coefficient (Wildman–Crippen LogP) is 2.78. The van der Waals surface area contributed by atoms with Gasteiger partial charge in [0, 0.05) is 5.03 Å². The molecule has 0 spiro atoms. The smallest absolute Gasteiger partial charge is 0.0971 e. The van der Waals surface area contributed by atoms with Crippen molar-refractivity contribution in [2.45, 2.75) is 18.9 Å². The van der Waals surface area contributed by atoms with Crippen LogP contribution in [0.15, 0.2) is 34.9 Å². The molecule has 1 nitrogen and oxygen atoms in total. The summed E-state index contributed by atoms with van der Waals surface area (Å²) in [7, 11) is 0. The van der Waals surface area contributed by atoms with E-state index in [4.69, 9.17) is 16.3 Å². The summed E-state index contributed by atoms with van der Waals surface area (Å²) in [5.74, 6) is 0. The van der Waals surface area contributed by atoms with E-state index in [-0.39, 0.29) is 6.10 Å². The molecule has 1 fully saturated rings. The number of hydrogen-bond donors (Lipinski definition) is 0. The van der Waals surface area contributed by atoms with E-state index in [9.17, 15) is 0 Å².